The molecule has 0 bridgehead atoms. The van der Waals surface area contributed by atoms with Gasteiger partial charge in [-0.05, 0) is 19.1 Å². The van der Waals surface area contributed by atoms with Crippen LogP contribution in [0, 0.1) is 11.8 Å². The Kier molecular flexibility index (Phi) is 6.02. The van der Waals surface area contributed by atoms with Gasteiger partial charge in [0.1, 0.15) is 0 Å². The van der Waals surface area contributed by atoms with Crippen LogP contribution in [0.3, 0.4) is 0 Å². The van der Waals surface area contributed by atoms with Gasteiger partial charge < -0.3 is 14.9 Å². The molecule has 0 amide bonds. The number of morpholine rings is 1. The Morgan fingerprint density at radius 3 is 3.05 bits per heavy atom. The molecule has 2 unspecified atom stereocenters. The van der Waals surface area contributed by atoms with Crippen LogP contribution in [0.15, 0.2) is 12.1 Å². The fraction of sp³-hybridized carbons (Fsp3) is 0.600. The maximum atomic E-state index is 9.20. The fourth-order valence-electron chi connectivity index (χ4n) is 2.14. The molecule has 0 aromatic carbocycles. The van der Waals surface area contributed by atoms with Gasteiger partial charge in [-0.15, -0.1) is 11.3 Å². The van der Waals surface area contributed by atoms with Crippen molar-refractivity contribution < 1.29 is 14.9 Å². The Bertz CT molecular complexity index is 477. The number of thiophene rings is 1. The average Bonchev–Trinajstić information content (AvgIpc) is 2.89. The lowest BCUT2D eigenvalue weighted by molar-refractivity contribution is -0.0802. The first kappa shape index (κ1) is 15.5. The SMILES string of the molecule is CC1COC(CO)CN1Cc1ccc(C#CCCO)s1. The third kappa shape index (κ3) is 4.30. The lowest BCUT2D eigenvalue weighted by Gasteiger charge is -2.37. The van der Waals surface area contributed by atoms with Crippen LogP contribution in [0.1, 0.15) is 23.1 Å². The Labute approximate surface area is 124 Å². The number of hydrogen-bond donors (Lipinski definition) is 2. The summed E-state index contributed by atoms with van der Waals surface area (Å²) in [6, 6.07) is 4.49. The second-order valence-corrected chi connectivity index (χ2v) is 6.13. The van der Waals surface area contributed by atoms with E-state index in [1.807, 2.05) is 6.07 Å². The van der Waals surface area contributed by atoms with Crippen LogP contribution in [0.25, 0.3) is 0 Å². The number of hydrogen-bond acceptors (Lipinski definition) is 5. The predicted molar refractivity (Wildman–Crippen MR) is 79.6 cm³/mol. The predicted octanol–water partition coefficient (Wildman–Crippen LogP) is 1.06. The summed E-state index contributed by atoms with van der Waals surface area (Å²) >= 11 is 1.69. The molecule has 0 radical (unpaired) electrons. The van der Waals surface area contributed by atoms with Crippen molar-refractivity contribution in [3.05, 3.63) is 21.9 Å². The number of rotatable bonds is 4. The topological polar surface area (TPSA) is 52.9 Å². The molecule has 2 heterocycles. The molecule has 110 valence electrons. The zero-order chi connectivity index (χ0) is 14.4. The second-order valence-electron chi connectivity index (χ2n) is 4.96. The molecule has 1 aromatic heterocycles. The Morgan fingerprint density at radius 2 is 2.30 bits per heavy atom. The van der Waals surface area contributed by atoms with Gasteiger partial charge in [-0.25, -0.2) is 0 Å². The summed E-state index contributed by atoms with van der Waals surface area (Å²) < 4.78 is 5.54. The van der Waals surface area contributed by atoms with Crippen LogP contribution in [0.5, 0.6) is 0 Å². The van der Waals surface area contributed by atoms with Crippen molar-refractivity contribution >= 4 is 11.3 Å². The van der Waals surface area contributed by atoms with Crippen LogP contribution < -0.4 is 0 Å². The zero-order valence-electron chi connectivity index (χ0n) is 11.7. The summed E-state index contributed by atoms with van der Waals surface area (Å²) in [5.74, 6) is 6.00. The van der Waals surface area contributed by atoms with Crippen molar-refractivity contribution in [2.75, 3.05) is 26.4 Å². The minimum absolute atomic E-state index is 0.0741. The molecule has 2 atom stereocenters. The van der Waals surface area contributed by atoms with Crippen molar-refractivity contribution in [1.82, 2.24) is 4.90 Å². The molecule has 1 saturated heterocycles. The van der Waals surface area contributed by atoms with Gasteiger partial charge >= 0.3 is 0 Å². The Balaban J connectivity index is 1.94. The molecule has 1 fully saturated rings. The van der Waals surface area contributed by atoms with Gasteiger partial charge in [-0.1, -0.05) is 11.8 Å². The highest BCUT2D eigenvalue weighted by molar-refractivity contribution is 7.12. The molecular formula is C15H21NO3S. The lowest BCUT2D eigenvalue weighted by atomic mass is 10.2. The summed E-state index contributed by atoms with van der Waals surface area (Å²) in [5.41, 5.74) is 0. The molecule has 5 heteroatoms. The Morgan fingerprint density at radius 1 is 1.45 bits per heavy atom. The molecule has 20 heavy (non-hydrogen) atoms. The van der Waals surface area contributed by atoms with Crippen LogP contribution >= 0.6 is 11.3 Å². The van der Waals surface area contributed by atoms with Gasteiger partial charge in [-0.2, -0.15) is 0 Å². The molecule has 1 aromatic rings. The van der Waals surface area contributed by atoms with Crippen molar-refractivity contribution in [2.45, 2.75) is 32.0 Å². The number of nitrogens with zero attached hydrogens (tertiary/aromatic N) is 1. The minimum atomic E-state index is -0.0741. The van der Waals surface area contributed by atoms with Crippen molar-refractivity contribution in [3.8, 4) is 11.8 Å². The standard InChI is InChI=1S/C15H21NO3S/c1-12-11-19-13(10-18)8-16(12)9-15-6-5-14(20-15)4-2-3-7-17/h5-6,12-13,17-18H,3,7-11H2,1H3. The molecule has 1 aliphatic rings. The normalized spacial score (nSPS) is 23.4. The van der Waals surface area contributed by atoms with E-state index < -0.39 is 0 Å². The van der Waals surface area contributed by atoms with Crippen LogP contribution in [0.4, 0.5) is 0 Å². The molecule has 2 N–H and O–H groups in total. The van der Waals surface area contributed by atoms with E-state index in [-0.39, 0.29) is 19.3 Å². The van der Waals surface area contributed by atoms with Gasteiger partial charge in [0.15, 0.2) is 0 Å². The quantitative estimate of drug-likeness (QED) is 0.816. The summed E-state index contributed by atoms with van der Waals surface area (Å²) in [4.78, 5) is 4.64. The van der Waals surface area contributed by atoms with Gasteiger partial charge in [-0.3, -0.25) is 4.90 Å². The maximum Gasteiger partial charge on any atom is 0.0933 e. The van der Waals surface area contributed by atoms with Gasteiger partial charge in [0.2, 0.25) is 0 Å². The number of ether oxygens (including phenoxy) is 1. The van der Waals surface area contributed by atoms with E-state index in [1.165, 1.54) is 4.88 Å². The van der Waals surface area contributed by atoms with E-state index in [2.05, 4.69) is 29.7 Å². The van der Waals surface area contributed by atoms with E-state index in [0.717, 1.165) is 18.0 Å². The molecule has 0 saturated carbocycles. The van der Waals surface area contributed by atoms with Gasteiger partial charge in [0.05, 0.1) is 30.8 Å². The first-order chi connectivity index (χ1) is 9.72. The summed E-state index contributed by atoms with van der Waals surface area (Å²) in [6.07, 6.45) is 0.446. The summed E-state index contributed by atoms with van der Waals surface area (Å²) in [6.45, 7) is 4.63. The lowest BCUT2D eigenvalue weighted by Crippen LogP contribution is -2.48. The van der Waals surface area contributed by atoms with E-state index in [4.69, 9.17) is 9.84 Å². The highest BCUT2D eigenvalue weighted by Gasteiger charge is 2.25. The fourth-order valence-corrected chi connectivity index (χ4v) is 3.05. The highest BCUT2D eigenvalue weighted by atomic mass is 32.1. The monoisotopic (exact) mass is 295 g/mol. The minimum Gasteiger partial charge on any atom is -0.395 e. The third-order valence-electron chi connectivity index (χ3n) is 3.31. The summed E-state index contributed by atoms with van der Waals surface area (Å²) in [7, 11) is 0. The van der Waals surface area contributed by atoms with Gasteiger partial charge in [0, 0.05) is 30.4 Å². The molecule has 2 rings (SSSR count). The van der Waals surface area contributed by atoms with E-state index in [9.17, 15) is 5.11 Å². The van der Waals surface area contributed by atoms with Crippen LogP contribution in [-0.2, 0) is 11.3 Å². The smallest absolute Gasteiger partial charge is 0.0933 e. The first-order valence-electron chi connectivity index (χ1n) is 6.88. The molecule has 1 aliphatic heterocycles. The largest absolute Gasteiger partial charge is 0.395 e. The number of aliphatic hydroxyl groups excluding tert-OH is 2. The summed E-state index contributed by atoms with van der Waals surface area (Å²) in [5, 5.41) is 17.9. The number of aliphatic hydroxyl groups is 2. The first-order valence-corrected chi connectivity index (χ1v) is 7.69. The van der Waals surface area contributed by atoms with E-state index >= 15 is 0 Å². The average molecular weight is 295 g/mol. The maximum absolute atomic E-state index is 9.20. The molecular weight excluding hydrogens is 274 g/mol. The van der Waals surface area contributed by atoms with Crippen molar-refractivity contribution in [1.29, 1.82) is 0 Å². The van der Waals surface area contributed by atoms with Crippen LogP contribution in [-0.4, -0.2) is 53.6 Å². The second kappa shape index (κ2) is 7.77. The Hall–Kier alpha value is -0.900. The van der Waals surface area contributed by atoms with Crippen molar-refractivity contribution in [3.63, 3.8) is 0 Å². The van der Waals surface area contributed by atoms with Gasteiger partial charge in [0.25, 0.3) is 0 Å². The van der Waals surface area contributed by atoms with E-state index in [0.29, 0.717) is 19.1 Å². The molecule has 0 spiro atoms. The molecule has 4 nitrogen and oxygen atoms in total. The van der Waals surface area contributed by atoms with Crippen LogP contribution in [0.2, 0.25) is 0 Å². The van der Waals surface area contributed by atoms with E-state index in [1.54, 1.807) is 11.3 Å². The highest BCUT2D eigenvalue weighted by Crippen LogP contribution is 2.21. The molecule has 0 aliphatic carbocycles. The van der Waals surface area contributed by atoms with Crippen molar-refractivity contribution in [2.24, 2.45) is 0 Å². The third-order valence-corrected chi connectivity index (χ3v) is 4.29. The zero-order valence-corrected chi connectivity index (χ0v) is 12.5.